The summed E-state index contributed by atoms with van der Waals surface area (Å²) in [4.78, 5) is 2.46. The van der Waals surface area contributed by atoms with Gasteiger partial charge in [-0.2, -0.15) is 0 Å². The Labute approximate surface area is 170 Å². The van der Waals surface area contributed by atoms with Crippen molar-refractivity contribution in [1.29, 1.82) is 0 Å². The molecule has 2 aromatic carbocycles. The number of halogens is 1. The number of benzene rings is 2. The third-order valence-corrected chi connectivity index (χ3v) is 6.33. The SMILES string of the molecule is COc1ccc(N2CCNC(C(C)C3OCCc4cc(Br)ccc43)C2)cc1. The lowest BCUT2D eigenvalue weighted by atomic mass is 9.85. The molecule has 1 N–H and O–H groups in total. The summed E-state index contributed by atoms with van der Waals surface area (Å²) in [6.07, 6.45) is 1.14. The Morgan fingerprint density at radius 3 is 2.81 bits per heavy atom. The molecule has 2 aliphatic heterocycles. The molecule has 27 heavy (non-hydrogen) atoms. The first-order valence-corrected chi connectivity index (χ1v) is 10.5. The van der Waals surface area contributed by atoms with Crippen molar-refractivity contribution in [2.24, 2.45) is 5.92 Å². The number of rotatable bonds is 4. The van der Waals surface area contributed by atoms with Gasteiger partial charge in [0, 0.05) is 41.8 Å². The second-order valence-electron chi connectivity index (χ2n) is 7.45. The Hall–Kier alpha value is -1.56. The fourth-order valence-corrected chi connectivity index (χ4v) is 4.67. The third-order valence-electron chi connectivity index (χ3n) is 5.84. The molecule has 0 radical (unpaired) electrons. The number of fused-ring (bicyclic) bond motifs is 1. The molecule has 0 bridgehead atoms. The number of hydrogen-bond acceptors (Lipinski definition) is 4. The average molecular weight is 431 g/mol. The largest absolute Gasteiger partial charge is 0.497 e. The molecule has 2 heterocycles. The molecule has 2 aliphatic rings. The van der Waals surface area contributed by atoms with Crippen LogP contribution in [-0.2, 0) is 11.2 Å². The van der Waals surface area contributed by atoms with Gasteiger partial charge in [0.05, 0.1) is 19.8 Å². The fourth-order valence-electron chi connectivity index (χ4n) is 4.26. The van der Waals surface area contributed by atoms with Gasteiger partial charge in [-0.15, -0.1) is 0 Å². The van der Waals surface area contributed by atoms with E-state index >= 15 is 0 Å². The van der Waals surface area contributed by atoms with Gasteiger partial charge >= 0.3 is 0 Å². The maximum Gasteiger partial charge on any atom is 0.119 e. The van der Waals surface area contributed by atoms with Crippen molar-refractivity contribution in [3.05, 3.63) is 58.1 Å². The summed E-state index contributed by atoms with van der Waals surface area (Å²) in [6.45, 7) is 6.11. The predicted molar refractivity (Wildman–Crippen MR) is 113 cm³/mol. The summed E-state index contributed by atoms with van der Waals surface area (Å²) < 4.78 is 12.7. The van der Waals surface area contributed by atoms with Gasteiger partial charge in [-0.1, -0.05) is 28.9 Å². The van der Waals surface area contributed by atoms with Gasteiger partial charge in [-0.05, 0) is 53.9 Å². The van der Waals surface area contributed by atoms with Crippen molar-refractivity contribution in [2.45, 2.75) is 25.5 Å². The molecule has 3 unspecified atom stereocenters. The van der Waals surface area contributed by atoms with Crippen molar-refractivity contribution >= 4 is 21.6 Å². The molecule has 0 amide bonds. The zero-order valence-electron chi connectivity index (χ0n) is 16.0. The molecule has 1 saturated heterocycles. The van der Waals surface area contributed by atoms with Crippen LogP contribution in [0, 0.1) is 5.92 Å². The Balaban J connectivity index is 1.50. The van der Waals surface area contributed by atoms with Crippen LogP contribution in [0.2, 0.25) is 0 Å². The lowest BCUT2D eigenvalue weighted by Crippen LogP contribution is -2.54. The van der Waals surface area contributed by atoms with E-state index in [-0.39, 0.29) is 6.10 Å². The maximum absolute atomic E-state index is 6.24. The zero-order chi connectivity index (χ0) is 18.8. The van der Waals surface area contributed by atoms with Gasteiger partial charge in [0.2, 0.25) is 0 Å². The molecular formula is C22H27BrN2O2. The minimum absolute atomic E-state index is 0.148. The third kappa shape index (κ3) is 4.00. The maximum atomic E-state index is 6.24. The van der Waals surface area contributed by atoms with Crippen LogP contribution in [-0.4, -0.2) is 39.4 Å². The molecule has 1 fully saturated rings. The van der Waals surface area contributed by atoms with Gasteiger partial charge in [-0.3, -0.25) is 0 Å². The second-order valence-corrected chi connectivity index (χ2v) is 8.36. The van der Waals surface area contributed by atoms with E-state index in [1.807, 2.05) is 12.1 Å². The lowest BCUT2D eigenvalue weighted by Gasteiger charge is -2.41. The van der Waals surface area contributed by atoms with E-state index in [1.54, 1.807) is 7.11 Å². The average Bonchev–Trinajstić information content (AvgIpc) is 2.72. The van der Waals surface area contributed by atoms with E-state index in [2.05, 4.69) is 63.4 Å². The van der Waals surface area contributed by atoms with Crippen molar-refractivity contribution in [2.75, 3.05) is 38.3 Å². The van der Waals surface area contributed by atoms with E-state index in [0.717, 1.165) is 42.9 Å². The van der Waals surface area contributed by atoms with Gasteiger partial charge in [0.15, 0.2) is 0 Å². The molecule has 2 aromatic rings. The Bertz CT molecular complexity index is 780. The zero-order valence-corrected chi connectivity index (χ0v) is 17.5. The number of ether oxygens (including phenoxy) is 2. The number of methoxy groups -OCH3 is 1. The first-order valence-electron chi connectivity index (χ1n) is 9.68. The van der Waals surface area contributed by atoms with Gasteiger partial charge in [0.1, 0.15) is 5.75 Å². The predicted octanol–water partition coefficient (Wildman–Crippen LogP) is 4.19. The first kappa shape index (κ1) is 18.8. The van der Waals surface area contributed by atoms with E-state index in [9.17, 15) is 0 Å². The molecular weight excluding hydrogens is 404 g/mol. The number of nitrogens with zero attached hydrogens (tertiary/aromatic N) is 1. The van der Waals surface area contributed by atoms with Crippen LogP contribution in [0.25, 0.3) is 0 Å². The molecule has 4 rings (SSSR count). The standard InChI is InChI=1S/C22H27BrN2O2/c1-15(22-20-8-3-17(23)13-16(20)9-12-27-22)21-14-25(11-10-24-21)18-4-6-19(26-2)7-5-18/h3-8,13,15,21-22,24H,9-12,14H2,1-2H3. The highest BCUT2D eigenvalue weighted by Gasteiger charge is 2.33. The first-order chi connectivity index (χ1) is 13.2. The molecule has 144 valence electrons. The number of piperazine rings is 1. The molecule has 0 aromatic heterocycles. The summed E-state index contributed by atoms with van der Waals surface area (Å²) in [5.74, 6) is 1.29. The summed E-state index contributed by atoms with van der Waals surface area (Å²) in [5.41, 5.74) is 4.01. The van der Waals surface area contributed by atoms with E-state index in [1.165, 1.54) is 16.8 Å². The molecule has 0 spiro atoms. The second kappa shape index (κ2) is 8.21. The van der Waals surface area contributed by atoms with Crippen LogP contribution in [0.3, 0.4) is 0 Å². The van der Waals surface area contributed by atoms with Crippen molar-refractivity contribution in [3.8, 4) is 5.75 Å². The topological polar surface area (TPSA) is 33.7 Å². The highest BCUT2D eigenvalue weighted by atomic mass is 79.9. The van der Waals surface area contributed by atoms with Crippen LogP contribution in [0.15, 0.2) is 46.9 Å². The van der Waals surface area contributed by atoms with E-state index in [4.69, 9.17) is 9.47 Å². The minimum atomic E-state index is 0.148. The molecule has 3 atom stereocenters. The van der Waals surface area contributed by atoms with Gasteiger partial charge in [-0.25, -0.2) is 0 Å². The quantitative estimate of drug-likeness (QED) is 0.788. The van der Waals surface area contributed by atoms with Crippen molar-refractivity contribution < 1.29 is 9.47 Å². The molecule has 0 aliphatic carbocycles. The molecule has 4 nitrogen and oxygen atoms in total. The Morgan fingerprint density at radius 1 is 1.22 bits per heavy atom. The summed E-state index contributed by atoms with van der Waals surface area (Å²) >= 11 is 3.60. The number of anilines is 1. The highest BCUT2D eigenvalue weighted by molar-refractivity contribution is 9.10. The summed E-state index contributed by atoms with van der Waals surface area (Å²) in [5, 5.41) is 3.73. The van der Waals surface area contributed by atoms with Crippen molar-refractivity contribution in [1.82, 2.24) is 5.32 Å². The molecule has 5 heteroatoms. The van der Waals surface area contributed by atoms with Crippen LogP contribution in [0.1, 0.15) is 24.2 Å². The lowest BCUT2D eigenvalue weighted by molar-refractivity contribution is -0.00541. The summed E-state index contributed by atoms with van der Waals surface area (Å²) in [6, 6.07) is 15.4. The molecule has 0 saturated carbocycles. The normalized spacial score (nSPS) is 23.6. The number of nitrogens with one attached hydrogen (secondary N) is 1. The number of hydrogen-bond donors (Lipinski definition) is 1. The Kier molecular flexibility index (Phi) is 5.71. The van der Waals surface area contributed by atoms with Gasteiger partial charge in [0.25, 0.3) is 0 Å². The van der Waals surface area contributed by atoms with E-state index < -0.39 is 0 Å². The van der Waals surface area contributed by atoms with Crippen LogP contribution in [0.4, 0.5) is 5.69 Å². The monoisotopic (exact) mass is 430 g/mol. The van der Waals surface area contributed by atoms with Crippen molar-refractivity contribution in [3.63, 3.8) is 0 Å². The summed E-state index contributed by atoms with van der Waals surface area (Å²) in [7, 11) is 1.71. The van der Waals surface area contributed by atoms with Crippen LogP contribution < -0.4 is 15.0 Å². The van der Waals surface area contributed by atoms with Crippen LogP contribution in [0.5, 0.6) is 5.75 Å². The van der Waals surface area contributed by atoms with Gasteiger partial charge < -0.3 is 19.7 Å². The van der Waals surface area contributed by atoms with Crippen LogP contribution >= 0.6 is 15.9 Å². The highest BCUT2D eigenvalue weighted by Crippen LogP contribution is 2.36. The van der Waals surface area contributed by atoms with E-state index in [0.29, 0.717) is 12.0 Å². The minimum Gasteiger partial charge on any atom is -0.497 e. The Morgan fingerprint density at radius 2 is 2.04 bits per heavy atom. The smallest absolute Gasteiger partial charge is 0.119 e. The fraction of sp³-hybridized carbons (Fsp3) is 0.455.